The van der Waals surface area contributed by atoms with Gasteiger partial charge in [0.1, 0.15) is 18.0 Å². The second-order valence-electron chi connectivity index (χ2n) is 7.34. The molecule has 0 saturated carbocycles. The zero-order chi connectivity index (χ0) is 20.9. The van der Waals surface area contributed by atoms with Gasteiger partial charge in [-0.25, -0.2) is 0 Å². The third-order valence-corrected chi connectivity index (χ3v) is 5.27. The maximum absolute atomic E-state index is 12.9. The summed E-state index contributed by atoms with van der Waals surface area (Å²) in [4.78, 5) is 26.3. The maximum Gasteiger partial charge on any atom is 0.227 e. The Morgan fingerprint density at radius 1 is 1.21 bits per heavy atom. The molecule has 1 heterocycles. The van der Waals surface area contributed by atoms with Gasteiger partial charge in [-0.3, -0.25) is 9.59 Å². The van der Waals surface area contributed by atoms with Gasteiger partial charge < -0.3 is 20.1 Å². The number of hydrogen-bond acceptors (Lipinski definition) is 4. The van der Waals surface area contributed by atoms with Gasteiger partial charge >= 0.3 is 0 Å². The van der Waals surface area contributed by atoms with Gasteiger partial charge in [0.25, 0.3) is 0 Å². The first-order valence-corrected chi connectivity index (χ1v) is 9.88. The molecule has 0 aromatic heterocycles. The number of hydrogen-bond donors (Lipinski definition) is 1. The number of nitrogens with zero attached hydrogens (tertiary/aromatic N) is 1. The summed E-state index contributed by atoms with van der Waals surface area (Å²) in [5.41, 5.74) is 6.55. The number of ether oxygens (including phenoxy) is 2. The highest BCUT2D eigenvalue weighted by Gasteiger charge is 2.40. The molecular weight excluding hydrogens is 392 g/mol. The zero-order valence-corrected chi connectivity index (χ0v) is 17.2. The number of carbonyl (C=O) groups is 2. The number of benzene rings is 2. The molecule has 2 amide bonds. The Balaban J connectivity index is 1.71. The zero-order valence-electron chi connectivity index (χ0n) is 16.4. The molecule has 1 fully saturated rings. The molecule has 0 radical (unpaired) electrons. The predicted molar refractivity (Wildman–Crippen MR) is 111 cm³/mol. The van der Waals surface area contributed by atoms with E-state index in [9.17, 15) is 9.59 Å². The molecule has 7 heteroatoms. The van der Waals surface area contributed by atoms with Gasteiger partial charge in [0.05, 0.1) is 26.0 Å². The van der Waals surface area contributed by atoms with E-state index in [-0.39, 0.29) is 25.5 Å². The fraction of sp³-hybridized carbons (Fsp3) is 0.364. The molecule has 2 aromatic rings. The Hall–Kier alpha value is -2.57. The molecule has 0 bridgehead atoms. The van der Waals surface area contributed by atoms with E-state index in [1.807, 2.05) is 31.2 Å². The standard InChI is InChI=1S/C22H25ClN2O4/c1-16-4-2-3-5-17(16)12-21(27)25-10-11-29-22(14-25,13-20(24)26)15-28-19-8-6-18(23)7-9-19/h2-9H,10-15H2,1H3,(H2,24,26). The van der Waals surface area contributed by atoms with Gasteiger partial charge in [-0.05, 0) is 42.3 Å². The molecule has 1 unspecified atom stereocenters. The summed E-state index contributed by atoms with van der Waals surface area (Å²) in [5, 5.41) is 0.603. The van der Waals surface area contributed by atoms with Crippen molar-refractivity contribution < 1.29 is 19.1 Å². The molecule has 29 heavy (non-hydrogen) atoms. The van der Waals surface area contributed by atoms with E-state index < -0.39 is 11.5 Å². The van der Waals surface area contributed by atoms with E-state index in [1.54, 1.807) is 29.2 Å². The van der Waals surface area contributed by atoms with E-state index >= 15 is 0 Å². The fourth-order valence-electron chi connectivity index (χ4n) is 3.45. The lowest BCUT2D eigenvalue weighted by Gasteiger charge is -2.42. The number of primary amides is 1. The molecule has 0 spiro atoms. The second kappa shape index (κ2) is 9.29. The topological polar surface area (TPSA) is 81.9 Å². The first kappa shape index (κ1) is 21.1. The van der Waals surface area contributed by atoms with E-state index in [4.69, 9.17) is 26.8 Å². The Bertz CT molecular complexity index is 871. The lowest BCUT2D eigenvalue weighted by Crippen LogP contribution is -2.58. The Morgan fingerprint density at radius 3 is 2.62 bits per heavy atom. The fourth-order valence-corrected chi connectivity index (χ4v) is 3.58. The van der Waals surface area contributed by atoms with E-state index in [0.29, 0.717) is 30.3 Å². The highest BCUT2D eigenvalue weighted by Crippen LogP contribution is 2.25. The monoisotopic (exact) mass is 416 g/mol. The summed E-state index contributed by atoms with van der Waals surface area (Å²) >= 11 is 5.90. The van der Waals surface area contributed by atoms with E-state index in [0.717, 1.165) is 11.1 Å². The molecule has 2 aromatic carbocycles. The Labute approximate surface area is 175 Å². The van der Waals surface area contributed by atoms with Gasteiger partial charge in [-0.15, -0.1) is 0 Å². The number of nitrogens with two attached hydrogens (primary N) is 1. The molecule has 2 N–H and O–H groups in total. The van der Waals surface area contributed by atoms with Crippen molar-refractivity contribution in [3.8, 4) is 5.75 Å². The molecule has 1 atom stereocenters. The third-order valence-electron chi connectivity index (χ3n) is 5.02. The molecule has 6 nitrogen and oxygen atoms in total. The van der Waals surface area contributed by atoms with Crippen LogP contribution in [0.5, 0.6) is 5.75 Å². The number of halogens is 1. The number of aryl methyl sites for hydroxylation is 1. The normalized spacial score (nSPS) is 19.0. The minimum absolute atomic E-state index is 0.0112. The molecular formula is C22H25ClN2O4. The van der Waals surface area contributed by atoms with Crippen molar-refractivity contribution in [3.05, 3.63) is 64.7 Å². The summed E-state index contributed by atoms with van der Waals surface area (Å²) in [6, 6.07) is 14.7. The van der Waals surface area contributed by atoms with Crippen LogP contribution in [0.2, 0.25) is 5.02 Å². The Kier molecular flexibility index (Phi) is 6.77. The average molecular weight is 417 g/mol. The average Bonchev–Trinajstić information content (AvgIpc) is 2.69. The molecule has 0 aliphatic carbocycles. The van der Waals surface area contributed by atoms with Gasteiger partial charge in [-0.2, -0.15) is 0 Å². The van der Waals surface area contributed by atoms with Crippen LogP contribution in [0, 0.1) is 6.92 Å². The lowest BCUT2D eigenvalue weighted by atomic mass is 9.96. The number of rotatable bonds is 7. The number of morpholine rings is 1. The van der Waals surface area contributed by atoms with Crippen molar-refractivity contribution in [3.63, 3.8) is 0 Å². The predicted octanol–water partition coefficient (Wildman–Crippen LogP) is 2.74. The van der Waals surface area contributed by atoms with Crippen molar-refractivity contribution in [2.75, 3.05) is 26.3 Å². The van der Waals surface area contributed by atoms with Gasteiger partial charge in [-0.1, -0.05) is 35.9 Å². The molecule has 154 valence electrons. The van der Waals surface area contributed by atoms with Crippen LogP contribution in [-0.4, -0.2) is 48.6 Å². The van der Waals surface area contributed by atoms with E-state index in [1.165, 1.54) is 0 Å². The molecule has 3 rings (SSSR count). The van der Waals surface area contributed by atoms with Crippen LogP contribution in [0.3, 0.4) is 0 Å². The smallest absolute Gasteiger partial charge is 0.227 e. The van der Waals surface area contributed by atoms with Gasteiger partial charge in [0.2, 0.25) is 11.8 Å². The van der Waals surface area contributed by atoms with Crippen LogP contribution >= 0.6 is 11.6 Å². The summed E-state index contributed by atoms with van der Waals surface area (Å²) in [7, 11) is 0. The van der Waals surface area contributed by atoms with Crippen molar-refractivity contribution in [2.24, 2.45) is 5.73 Å². The first-order chi connectivity index (χ1) is 13.9. The first-order valence-electron chi connectivity index (χ1n) is 9.50. The van der Waals surface area contributed by atoms with Crippen molar-refractivity contribution in [2.45, 2.75) is 25.4 Å². The number of carbonyl (C=O) groups excluding carboxylic acids is 2. The summed E-state index contributed by atoms with van der Waals surface area (Å²) in [6.45, 7) is 3.11. The summed E-state index contributed by atoms with van der Waals surface area (Å²) < 4.78 is 11.8. The van der Waals surface area contributed by atoms with Crippen LogP contribution in [0.1, 0.15) is 17.5 Å². The quantitative estimate of drug-likeness (QED) is 0.752. The van der Waals surface area contributed by atoms with Crippen molar-refractivity contribution >= 4 is 23.4 Å². The highest BCUT2D eigenvalue weighted by atomic mass is 35.5. The highest BCUT2D eigenvalue weighted by molar-refractivity contribution is 6.30. The summed E-state index contributed by atoms with van der Waals surface area (Å²) in [6.07, 6.45) is 0.270. The van der Waals surface area contributed by atoms with Crippen LogP contribution in [0.4, 0.5) is 0 Å². The SMILES string of the molecule is Cc1ccccc1CC(=O)N1CCOC(COc2ccc(Cl)cc2)(CC(N)=O)C1. The van der Waals surface area contributed by atoms with Crippen LogP contribution in [0.25, 0.3) is 0 Å². The number of amides is 2. The van der Waals surface area contributed by atoms with E-state index in [2.05, 4.69) is 0 Å². The van der Waals surface area contributed by atoms with Gasteiger partial charge in [0.15, 0.2) is 0 Å². The van der Waals surface area contributed by atoms with Gasteiger partial charge in [0, 0.05) is 11.6 Å². The second-order valence-corrected chi connectivity index (χ2v) is 7.77. The Morgan fingerprint density at radius 2 is 1.93 bits per heavy atom. The summed E-state index contributed by atoms with van der Waals surface area (Å²) in [5.74, 6) is 0.0889. The molecule has 1 aliphatic rings. The van der Waals surface area contributed by atoms with Crippen molar-refractivity contribution in [1.82, 2.24) is 4.90 Å². The molecule has 1 saturated heterocycles. The van der Waals surface area contributed by atoms with Crippen LogP contribution in [0.15, 0.2) is 48.5 Å². The minimum Gasteiger partial charge on any atom is -0.490 e. The molecule has 1 aliphatic heterocycles. The maximum atomic E-state index is 12.9. The van der Waals surface area contributed by atoms with Crippen LogP contribution in [-0.2, 0) is 20.7 Å². The third kappa shape index (κ3) is 5.71. The lowest BCUT2D eigenvalue weighted by molar-refractivity contribution is -0.161. The van der Waals surface area contributed by atoms with Crippen molar-refractivity contribution in [1.29, 1.82) is 0 Å². The largest absolute Gasteiger partial charge is 0.490 e. The minimum atomic E-state index is -0.981. The van der Waals surface area contributed by atoms with Crippen LogP contribution < -0.4 is 10.5 Å².